The lowest BCUT2D eigenvalue weighted by molar-refractivity contribution is -0.164. The van der Waals surface area contributed by atoms with E-state index in [1.807, 2.05) is 0 Å². The molecule has 0 radical (unpaired) electrons. The van der Waals surface area contributed by atoms with Gasteiger partial charge in [0.15, 0.2) is 0 Å². The van der Waals surface area contributed by atoms with Gasteiger partial charge < -0.3 is 4.74 Å². The molecule has 0 aliphatic heterocycles. The van der Waals surface area contributed by atoms with Gasteiger partial charge in [-0.3, -0.25) is 4.79 Å². The summed E-state index contributed by atoms with van der Waals surface area (Å²) in [5, 5.41) is 1.21. The first-order valence-electron chi connectivity index (χ1n) is 6.04. The van der Waals surface area contributed by atoms with Crippen LogP contribution in [0.4, 0.5) is 13.2 Å². The zero-order chi connectivity index (χ0) is 14.8. The molecule has 2 rings (SSSR count). The van der Waals surface area contributed by atoms with Crippen molar-refractivity contribution in [2.24, 2.45) is 0 Å². The SMILES string of the molecule is COC(=O)CC(c1cccc2ccccc12)C(F)(F)F. The maximum atomic E-state index is 13.2. The summed E-state index contributed by atoms with van der Waals surface area (Å²) < 4.78 is 44.0. The molecular formula is C15H13F3O2. The Labute approximate surface area is 114 Å². The number of esters is 1. The Kier molecular flexibility index (Phi) is 3.97. The van der Waals surface area contributed by atoms with Crippen LogP contribution in [0.5, 0.6) is 0 Å². The fraction of sp³-hybridized carbons (Fsp3) is 0.267. The van der Waals surface area contributed by atoms with Gasteiger partial charge in [-0.2, -0.15) is 13.2 Å². The lowest BCUT2D eigenvalue weighted by Gasteiger charge is -2.21. The first kappa shape index (κ1) is 14.4. The van der Waals surface area contributed by atoms with Crippen molar-refractivity contribution in [2.75, 3.05) is 7.11 Å². The van der Waals surface area contributed by atoms with Crippen LogP contribution in [0.3, 0.4) is 0 Å². The molecule has 5 heteroatoms. The minimum Gasteiger partial charge on any atom is -0.469 e. The molecule has 0 aliphatic carbocycles. The van der Waals surface area contributed by atoms with Crippen molar-refractivity contribution in [3.8, 4) is 0 Å². The number of ether oxygens (including phenoxy) is 1. The van der Waals surface area contributed by atoms with Crippen LogP contribution in [0, 0.1) is 0 Å². The number of carbonyl (C=O) groups is 1. The number of alkyl halides is 3. The zero-order valence-electron chi connectivity index (χ0n) is 10.8. The topological polar surface area (TPSA) is 26.3 Å². The Bertz CT molecular complexity index is 615. The highest BCUT2D eigenvalue weighted by Gasteiger charge is 2.42. The van der Waals surface area contributed by atoms with Gasteiger partial charge in [0.05, 0.1) is 19.4 Å². The third-order valence-electron chi connectivity index (χ3n) is 3.19. The highest BCUT2D eigenvalue weighted by molar-refractivity contribution is 5.86. The molecule has 2 nitrogen and oxygen atoms in total. The standard InChI is InChI=1S/C15H13F3O2/c1-20-14(19)9-13(15(16,17)18)12-8-4-6-10-5-2-3-7-11(10)12/h2-8,13H,9H2,1H3. The summed E-state index contributed by atoms with van der Waals surface area (Å²) in [5.41, 5.74) is 0.0981. The van der Waals surface area contributed by atoms with Crippen LogP contribution in [0.15, 0.2) is 42.5 Å². The molecule has 2 aromatic carbocycles. The van der Waals surface area contributed by atoms with E-state index < -0.39 is 24.5 Å². The van der Waals surface area contributed by atoms with E-state index in [-0.39, 0.29) is 5.56 Å². The normalized spacial score (nSPS) is 13.2. The van der Waals surface area contributed by atoms with Crippen molar-refractivity contribution in [3.63, 3.8) is 0 Å². The summed E-state index contributed by atoms with van der Waals surface area (Å²) in [6.45, 7) is 0. The molecule has 0 saturated heterocycles. The molecule has 0 amide bonds. The highest BCUT2D eigenvalue weighted by atomic mass is 19.4. The Morgan fingerprint density at radius 2 is 1.80 bits per heavy atom. The number of methoxy groups -OCH3 is 1. The second kappa shape index (κ2) is 5.53. The molecule has 0 N–H and O–H groups in total. The van der Waals surface area contributed by atoms with Crippen molar-refractivity contribution >= 4 is 16.7 Å². The van der Waals surface area contributed by atoms with Gasteiger partial charge in [0.25, 0.3) is 0 Å². The summed E-state index contributed by atoms with van der Waals surface area (Å²) >= 11 is 0. The second-order valence-corrected chi connectivity index (χ2v) is 4.44. The van der Waals surface area contributed by atoms with Crippen molar-refractivity contribution < 1.29 is 22.7 Å². The summed E-state index contributed by atoms with van der Waals surface area (Å²) in [5.74, 6) is -2.73. The number of fused-ring (bicyclic) bond motifs is 1. The van der Waals surface area contributed by atoms with Crippen LogP contribution in [0.2, 0.25) is 0 Å². The third-order valence-corrected chi connectivity index (χ3v) is 3.19. The molecule has 0 aromatic heterocycles. The molecule has 0 bridgehead atoms. The second-order valence-electron chi connectivity index (χ2n) is 4.44. The summed E-state index contributed by atoms with van der Waals surface area (Å²) in [4.78, 5) is 11.3. The lowest BCUT2D eigenvalue weighted by atomic mass is 9.90. The largest absolute Gasteiger partial charge is 0.469 e. The summed E-state index contributed by atoms with van der Waals surface area (Å²) in [7, 11) is 1.08. The zero-order valence-corrected chi connectivity index (χ0v) is 10.8. The average Bonchev–Trinajstić information content (AvgIpc) is 2.43. The monoisotopic (exact) mass is 282 g/mol. The Hall–Kier alpha value is -2.04. The number of carbonyl (C=O) groups excluding carboxylic acids is 1. The highest BCUT2D eigenvalue weighted by Crippen LogP contribution is 2.40. The molecule has 0 fully saturated rings. The maximum Gasteiger partial charge on any atom is 0.396 e. The van der Waals surface area contributed by atoms with E-state index in [0.717, 1.165) is 7.11 Å². The molecule has 20 heavy (non-hydrogen) atoms. The molecule has 0 heterocycles. The minimum atomic E-state index is -4.50. The van der Waals surface area contributed by atoms with Crippen molar-refractivity contribution in [1.82, 2.24) is 0 Å². The number of rotatable bonds is 3. The fourth-order valence-electron chi connectivity index (χ4n) is 2.21. The van der Waals surface area contributed by atoms with Crippen molar-refractivity contribution in [2.45, 2.75) is 18.5 Å². The first-order valence-corrected chi connectivity index (χ1v) is 6.04. The van der Waals surface area contributed by atoms with Gasteiger partial charge in [-0.1, -0.05) is 42.5 Å². The van der Waals surface area contributed by atoms with E-state index in [1.165, 1.54) is 6.07 Å². The molecule has 1 atom stereocenters. The van der Waals surface area contributed by atoms with Gasteiger partial charge in [-0.05, 0) is 16.3 Å². The summed E-state index contributed by atoms with van der Waals surface area (Å²) in [6.07, 6.45) is -5.22. The van der Waals surface area contributed by atoms with Gasteiger partial charge in [0.2, 0.25) is 0 Å². The number of benzene rings is 2. The maximum absolute atomic E-state index is 13.2. The number of hydrogen-bond donors (Lipinski definition) is 0. The van der Waals surface area contributed by atoms with E-state index in [1.54, 1.807) is 36.4 Å². The van der Waals surface area contributed by atoms with Crippen molar-refractivity contribution in [3.05, 3.63) is 48.0 Å². The smallest absolute Gasteiger partial charge is 0.396 e. The van der Waals surface area contributed by atoms with E-state index in [4.69, 9.17) is 0 Å². The predicted molar refractivity (Wildman–Crippen MR) is 69.4 cm³/mol. The van der Waals surface area contributed by atoms with Crippen molar-refractivity contribution in [1.29, 1.82) is 0 Å². The molecular weight excluding hydrogens is 269 g/mol. The van der Waals surface area contributed by atoms with Crippen LogP contribution < -0.4 is 0 Å². The first-order chi connectivity index (χ1) is 9.43. The quantitative estimate of drug-likeness (QED) is 0.794. The predicted octanol–water partition coefficient (Wildman–Crippen LogP) is 4.05. The van der Waals surface area contributed by atoms with E-state index in [2.05, 4.69) is 4.74 Å². The van der Waals surface area contributed by atoms with Gasteiger partial charge in [0, 0.05) is 0 Å². The molecule has 0 aliphatic rings. The van der Waals surface area contributed by atoms with Gasteiger partial charge >= 0.3 is 12.1 Å². The van der Waals surface area contributed by atoms with E-state index in [0.29, 0.717) is 10.8 Å². The lowest BCUT2D eigenvalue weighted by Crippen LogP contribution is -2.24. The van der Waals surface area contributed by atoms with Gasteiger partial charge in [0.1, 0.15) is 0 Å². The van der Waals surface area contributed by atoms with Crippen LogP contribution in [-0.4, -0.2) is 19.3 Å². The minimum absolute atomic E-state index is 0.0981. The molecule has 0 saturated carbocycles. The molecule has 0 spiro atoms. The van der Waals surface area contributed by atoms with Crippen LogP contribution >= 0.6 is 0 Å². The summed E-state index contributed by atoms with van der Waals surface area (Å²) in [6, 6.07) is 11.5. The molecule has 106 valence electrons. The molecule has 2 aromatic rings. The Morgan fingerprint density at radius 3 is 2.45 bits per heavy atom. The fourth-order valence-corrected chi connectivity index (χ4v) is 2.21. The number of hydrogen-bond acceptors (Lipinski definition) is 2. The Morgan fingerprint density at radius 1 is 1.15 bits per heavy atom. The average molecular weight is 282 g/mol. The molecule has 1 unspecified atom stereocenters. The van der Waals surface area contributed by atoms with Gasteiger partial charge in [-0.25, -0.2) is 0 Å². The number of halogens is 3. The van der Waals surface area contributed by atoms with E-state index >= 15 is 0 Å². The Balaban J connectivity index is 2.54. The van der Waals surface area contributed by atoms with E-state index in [9.17, 15) is 18.0 Å². The van der Waals surface area contributed by atoms with Crippen LogP contribution in [0.1, 0.15) is 17.9 Å². The van der Waals surface area contributed by atoms with Gasteiger partial charge in [-0.15, -0.1) is 0 Å². The van der Waals surface area contributed by atoms with Crippen LogP contribution in [-0.2, 0) is 9.53 Å². The third kappa shape index (κ3) is 2.92. The van der Waals surface area contributed by atoms with Crippen LogP contribution in [0.25, 0.3) is 10.8 Å².